The summed E-state index contributed by atoms with van der Waals surface area (Å²) < 4.78 is 6.68. The first-order valence-electron chi connectivity index (χ1n) is 5.73. The van der Waals surface area contributed by atoms with Crippen LogP contribution in [0.15, 0.2) is 36.7 Å². The first kappa shape index (κ1) is 12.2. The van der Waals surface area contributed by atoms with Crippen molar-refractivity contribution in [2.75, 3.05) is 12.3 Å². The van der Waals surface area contributed by atoms with Crippen LogP contribution >= 0.6 is 0 Å². The highest BCUT2D eigenvalue weighted by molar-refractivity contribution is 5.89. The van der Waals surface area contributed by atoms with Crippen LogP contribution in [0.3, 0.4) is 0 Å². The number of ether oxygens (including phenoxy) is 1. The first-order chi connectivity index (χ1) is 8.69. The molecule has 18 heavy (non-hydrogen) atoms. The Hall–Kier alpha value is -2.30. The maximum atomic E-state index is 11.6. The van der Waals surface area contributed by atoms with E-state index in [1.807, 2.05) is 12.1 Å². The zero-order valence-electron chi connectivity index (χ0n) is 10.2. The fraction of sp³-hybridized carbons (Fsp3) is 0.231. The van der Waals surface area contributed by atoms with E-state index >= 15 is 0 Å². The van der Waals surface area contributed by atoms with Gasteiger partial charge in [-0.25, -0.2) is 4.79 Å². The summed E-state index contributed by atoms with van der Waals surface area (Å²) in [5.74, 6) is -0.306. The van der Waals surface area contributed by atoms with Gasteiger partial charge in [0, 0.05) is 6.20 Å². The van der Waals surface area contributed by atoms with E-state index < -0.39 is 0 Å². The molecule has 2 rings (SSSR count). The van der Waals surface area contributed by atoms with Crippen molar-refractivity contribution in [3.63, 3.8) is 0 Å². The number of anilines is 1. The highest BCUT2D eigenvalue weighted by Gasteiger charge is 2.07. The second-order valence-corrected chi connectivity index (χ2v) is 3.89. The molecule has 1 aromatic carbocycles. The van der Waals surface area contributed by atoms with Gasteiger partial charge in [0.1, 0.15) is 0 Å². The molecule has 0 spiro atoms. The minimum absolute atomic E-state index is 0.306. The van der Waals surface area contributed by atoms with E-state index in [0.717, 1.165) is 5.56 Å². The molecule has 0 amide bonds. The fourth-order valence-corrected chi connectivity index (χ4v) is 1.66. The third kappa shape index (κ3) is 2.88. The van der Waals surface area contributed by atoms with Crippen molar-refractivity contribution in [2.45, 2.75) is 13.5 Å². The van der Waals surface area contributed by atoms with Crippen molar-refractivity contribution in [2.24, 2.45) is 0 Å². The third-order valence-corrected chi connectivity index (χ3v) is 2.44. The third-order valence-electron chi connectivity index (χ3n) is 2.44. The van der Waals surface area contributed by atoms with Crippen LogP contribution in [0.4, 0.5) is 5.69 Å². The van der Waals surface area contributed by atoms with Crippen LogP contribution in [-0.4, -0.2) is 22.4 Å². The summed E-state index contributed by atoms with van der Waals surface area (Å²) in [6, 6.07) is 7.30. The van der Waals surface area contributed by atoms with Gasteiger partial charge in [-0.05, 0) is 24.6 Å². The quantitative estimate of drug-likeness (QED) is 0.832. The van der Waals surface area contributed by atoms with E-state index in [4.69, 9.17) is 10.5 Å². The number of nitrogens with zero attached hydrogens (tertiary/aromatic N) is 2. The van der Waals surface area contributed by atoms with Gasteiger partial charge in [-0.3, -0.25) is 4.68 Å². The number of aromatic nitrogens is 2. The lowest BCUT2D eigenvalue weighted by molar-refractivity contribution is 0.0526. The Morgan fingerprint density at radius 3 is 3.00 bits per heavy atom. The van der Waals surface area contributed by atoms with Crippen LogP contribution in [0.2, 0.25) is 0 Å². The Bertz CT molecular complexity index is 549. The van der Waals surface area contributed by atoms with Gasteiger partial charge in [0.15, 0.2) is 0 Å². The molecule has 0 fully saturated rings. The molecule has 0 aliphatic heterocycles. The van der Waals surface area contributed by atoms with E-state index in [-0.39, 0.29) is 5.97 Å². The number of carbonyl (C=O) groups is 1. The number of hydrogen-bond donors (Lipinski definition) is 1. The van der Waals surface area contributed by atoms with Crippen molar-refractivity contribution in [3.8, 4) is 0 Å². The van der Waals surface area contributed by atoms with Gasteiger partial charge in [-0.2, -0.15) is 5.10 Å². The van der Waals surface area contributed by atoms with Gasteiger partial charge in [-0.15, -0.1) is 0 Å². The van der Waals surface area contributed by atoms with Crippen LogP contribution in [-0.2, 0) is 11.3 Å². The van der Waals surface area contributed by atoms with E-state index in [0.29, 0.717) is 24.4 Å². The summed E-state index contributed by atoms with van der Waals surface area (Å²) in [5, 5.41) is 4.10. The first-order valence-corrected chi connectivity index (χ1v) is 5.73. The molecular formula is C13H15N3O2. The van der Waals surface area contributed by atoms with E-state index in [9.17, 15) is 4.79 Å². The van der Waals surface area contributed by atoms with Gasteiger partial charge in [0.05, 0.1) is 30.6 Å². The Morgan fingerprint density at radius 1 is 1.50 bits per heavy atom. The summed E-state index contributed by atoms with van der Waals surface area (Å²) in [7, 11) is 0. The second-order valence-electron chi connectivity index (χ2n) is 3.89. The number of benzene rings is 1. The fourth-order valence-electron chi connectivity index (χ4n) is 1.66. The molecule has 0 aliphatic rings. The lowest BCUT2D eigenvalue weighted by atomic mass is 10.1. The summed E-state index contributed by atoms with van der Waals surface area (Å²) in [6.45, 7) is 2.73. The van der Waals surface area contributed by atoms with Crippen LogP contribution in [0, 0.1) is 0 Å². The molecule has 94 valence electrons. The van der Waals surface area contributed by atoms with Crippen LogP contribution in [0.1, 0.15) is 22.8 Å². The molecule has 0 saturated carbocycles. The number of hydrogen-bond acceptors (Lipinski definition) is 4. The minimum atomic E-state index is -0.306. The Labute approximate surface area is 105 Å². The average molecular weight is 245 g/mol. The van der Waals surface area contributed by atoms with Gasteiger partial charge in [0.25, 0.3) is 0 Å². The van der Waals surface area contributed by atoms with Crippen molar-refractivity contribution in [1.29, 1.82) is 0 Å². The van der Waals surface area contributed by atoms with Gasteiger partial charge in [-0.1, -0.05) is 12.1 Å². The Kier molecular flexibility index (Phi) is 3.62. The van der Waals surface area contributed by atoms with Crippen LogP contribution in [0.5, 0.6) is 0 Å². The van der Waals surface area contributed by atoms with Gasteiger partial charge >= 0.3 is 5.97 Å². The van der Waals surface area contributed by atoms with E-state index in [1.165, 1.54) is 0 Å². The van der Waals surface area contributed by atoms with Crippen molar-refractivity contribution in [3.05, 3.63) is 47.8 Å². The molecule has 5 heteroatoms. The topological polar surface area (TPSA) is 70.1 Å². The minimum Gasteiger partial charge on any atom is -0.462 e. The predicted molar refractivity (Wildman–Crippen MR) is 68.1 cm³/mol. The number of rotatable bonds is 4. The van der Waals surface area contributed by atoms with Crippen LogP contribution < -0.4 is 5.73 Å². The lowest BCUT2D eigenvalue weighted by Gasteiger charge is -2.05. The second kappa shape index (κ2) is 5.35. The van der Waals surface area contributed by atoms with E-state index in [1.54, 1.807) is 36.1 Å². The van der Waals surface area contributed by atoms with Crippen molar-refractivity contribution >= 4 is 11.7 Å². The molecule has 1 aromatic heterocycles. The summed E-state index contributed by atoms with van der Waals surface area (Å²) >= 11 is 0. The maximum Gasteiger partial charge on any atom is 0.338 e. The standard InChI is InChI=1S/C13H15N3O2/c1-2-18-13(17)11-5-3-4-10(6-11)8-16-9-12(14)7-15-16/h3-7,9H,2,8,14H2,1H3. The maximum absolute atomic E-state index is 11.6. The summed E-state index contributed by atoms with van der Waals surface area (Å²) in [4.78, 5) is 11.6. The molecule has 0 aliphatic carbocycles. The lowest BCUT2D eigenvalue weighted by Crippen LogP contribution is -2.06. The van der Waals surface area contributed by atoms with Gasteiger partial charge < -0.3 is 10.5 Å². The number of carbonyl (C=O) groups excluding carboxylic acids is 1. The average Bonchev–Trinajstić information content (AvgIpc) is 2.75. The molecule has 0 bridgehead atoms. The predicted octanol–water partition coefficient (Wildman–Crippen LogP) is 1.69. The molecule has 0 unspecified atom stereocenters. The molecule has 0 atom stereocenters. The van der Waals surface area contributed by atoms with Crippen molar-refractivity contribution < 1.29 is 9.53 Å². The zero-order valence-corrected chi connectivity index (χ0v) is 10.2. The number of nitrogens with two attached hydrogens (primary N) is 1. The molecule has 1 heterocycles. The summed E-state index contributed by atoms with van der Waals surface area (Å²) in [6.07, 6.45) is 3.34. The largest absolute Gasteiger partial charge is 0.462 e. The van der Waals surface area contributed by atoms with Gasteiger partial charge in [0.2, 0.25) is 0 Å². The van der Waals surface area contributed by atoms with Crippen LogP contribution in [0.25, 0.3) is 0 Å². The Balaban J connectivity index is 2.14. The SMILES string of the molecule is CCOC(=O)c1cccc(Cn2cc(N)cn2)c1. The normalized spacial score (nSPS) is 10.3. The highest BCUT2D eigenvalue weighted by Crippen LogP contribution is 2.09. The number of esters is 1. The van der Waals surface area contributed by atoms with E-state index in [2.05, 4.69) is 5.10 Å². The molecule has 2 N–H and O–H groups in total. The number of nitrogen functional groups attached to an aromatic ring is 1. The molecule has 5 nitrogen and oxygen atoms in total. The zero-order chi connectivity index (χ0) is 13.0. The Morgan fingerprint density at radius 2 is 2.33 bits per heavy atom. The molecule has 0 radical (unpaired) electrons. The summed E-state index contributed by atoms with van der Waals surface area (Å²) in [5.41, 5.74) is 7.74. The molecular weight excluding hydrogens is 230 g/mol. The monoisotopic (exact) mass is 245 g/mol. The highest BCUT2D eigenvalue weighted by atomic mass is 16.5. The van der Waals surface area contributed by atoms with Crippen molar-refractivity contribution in [1.82, 2.24) is 9.78 Å². The molecule has 0 saturated heterocycles. The smallest absolute Gasteiger partial charge is 0.338 e. The molecule has 2 aromatic rings.